The molecule has 0 saturated carbocycles. The maximum atomic E-state index is 12.6. The molecule has 1 amide bonds. The van der Waals surface area contributed by atoms with Crippen molar-refractivity contribution >= 4 is 28.3 Å². The number of amides is 1. The summed E-state index contributed by atoms with van der Waals surface area (Å²) in [5, 5.41) is 13.5. The van der Waals surface area contributed by atoms with Crippen LogP contribution in [-0.4, -0.2) is 49.9 Å². The van der Waals surface area contributed by atoms with Gasteiger partial charge in [-0.2, -0.15) is 0 Å². The Kier molecular flexibility index (Phi) is 4.94. The van der Waals surface area contributed by atoms with Gasteiger partial charge in [-0.1, -0.05) is 5.21 Å². The zero-order chi connectivity index (χ0) is 17.9. The first-order valence-electron chi connectivity index (χ1n) is 8.96. The van der Waals surface area contributed by atoms with Gasteiger partial charge in [0.05, 0.1) is 16.7 Å². The number of likely N-dealkylation sites (tertiary alicyclic amines) is 1. The second kappa shape index (κ2) is 7.51. The maximum Gasteiger partial charge on any atom is 0.251 e. The predicted octanol–water partition coefficient (Wildman–Crippen LogP) is 2.30. The highest BCUT2D eigenvalue weighted by atomic mass is 32.1. The number of hydrogen-bond donors (Lipinski definition) is 1. The summed E-state index contributed by atoms with van der Waals surface area (Å²) >= 11 is 1.63. The summed E-state index contributed by atoms with van der Waals surface area (Å²) in [5.41, 5.74) is 5.37. The number of piperidine rings is 1. The zero-order valence-corrected chi connectivity index (χ0v) is 15.6. The highest BCUT2D eigenvalue weighted by molar-refractivity contribution is 7.07. The van der Waals surface area contributed by atoms with E-state index in [-0.39, 0.29) is 11.9 Å². The summed E-state index contributed by atoms with van der Waals surface area (Å²) in [7, 11) is 0. The Bertz CT molecular complexity index is 882. The summed E-state index contributed by atoms with van der Waals surface area (Å²) < 4.78 is 1.83. The molecule has 0 spiro atoms. The molecular formula is C18H22N6OS. The van der Waals surface area contributed by atoms with Gasteiger partial charge < -0.3 is 5.32 Å². The molecular weight excluding hydrogens is 348 g/mol. The van der Waals surface area contributed by atoms with Crippen LogP contribution >= 0.6 is 11.3 Å². The van der Waals surface area contributed by atoms with Crippen molar-refractivity contribution in [1.29, 1.82) is 0 Å². The molecule has 1 saturated heterocycles. The van der Waals surface area contributed by atoms with Crippen LogP contribution in [0.5, 0.6) is 0 Å². The summed E-state index contributed by atoms with van der Waals surface area (Å²) in [5.74, 6) is -0.0316. The zero-order valence-electron chi connectivity index (χ0n) is 14.8. The average molecular weight is 370 g/mol. The fourth-order valence-corrected chi connectivity index (χ4v) is 3.95. The number of rotatable bonds is 5. The lowest BCUT2D eigenvalue weighted by atomic mass is 10.0. The van der Waals surface area contributed by atoms with Gasteiger partial charge in [-0.15, -0.1) is 16.4 Å². The van der Waals surface area contributed by atoms with E-state index in [0.29, 0.717) is 5.56 Å². The third kappa shape index (κ3) is 3.61. The number of nitrogens with zero attached hydrogens (tertiary/aromatic N) is 5. The van der Waals surface area contributed by atoms with E-state index < -0.39 is 0 Å². The van der Waals surface area contributed by atoms with E-state index >= 15 is 0 Å². The first kappa shape index (κ1) is 17.1. The van der Waals surface area contributed by atoms with Crippen LogP contribution in [0, 0.1) is 0 Å². The molecule has 0 unspecified atom stereocenters. The molecule has 26 heavy (non-hydrogen) atoms. The minimum absolute atomic E-state index is 0.0316. The molecule has 4 rings (SSSR count). The van der Waals surface area contributed by atoms with Crippen molar-refractivity contribution in [3.8, 4) is 0 Å². The van der Waals surface area contributed by atoms with Crippen LogP contribution in [0.2, 0.25) is 0 Å². The Balaban J connectivity index is 1.34. The number of thiazole rings is 1. The van der Waals surface area contributed by atoms with Gasteiger partial charge in [-0.3, -0.25) is 9.69 Å². The average Bonchev–Trinajstić information content (AvgIpc) is 3.32. The molecule has 1 aliphatic heterocycles. The summed E-state index contributed by atoms with van der Waals surface area (Å²) in [6.45, 7) is 5.64. The fourth-order valence-electron chi connectivity index (χ4n) is 3.40. The lowest BCUT2D eigenvalue weighted by Crippen LogP contribution is -2.44. The lowest BCUT2D eigenvalue weighted by molar-refractivity contribution is 0.0908. The Morgan fingerprint density at radius 3 is 2.92 bits per heavy atom. The number of carbonyl (C=O) groups excluding carboxylic acids is 1. The van der Waals surface area contributed by atoms with Gasteiger partial charge >= 0.3 is 0 Å². The molecule has 0 radical (unpaired) electrons. The van der Waals surface area contributed by atoms with Gasteiger partial charge in [-0.05, 0) is 38.0 Å². The van der Waals surface area contributed by atoms with Crippen molar-refractivity contribution in [2.24, 2.45) is 0 Å². The van der Waals surface area contributed by atoms with Crippen LogP contribution in [-0.2, 0) is 13.1 Å². The van der Waals surface area contributed by atoms with Crippen molar-refractivity contribution < 1.29 is 4.79 Å². The van der Waals surface area contributed by atoms with Crippen LogP contribution < -0.4 is 5.32 Å². The smallest absolute Gasteiger partial charge is 0.251 e. The maximum absolute atomic E-state index is 12.6. The Morgan fingerprint density at radius 1 is 1.35 bits per heavy atom. The number of benzene rings is 1. The minimum Gasteiger partial charge on any atom is -0.349 e. The van der Waals surface area contributed by atoms with Crippen LogP contribution in [0.15, 0.2) is 29.1 Å². The minimum atomic E-state index is -0.0316. The van der Waals surface area contributed by atoms with E-state index in [0.717, 1.165) is 55.7 Å². The van der Waals surface area contributed by atoms with Gasteiger partial charge in [0.2, 0.25) is 0 Å². The van der Waals surface area contributed by atoms with Crippen LogP contribution in [0.3, 0.4) is 0 Å². The van der Waals surface area contributed by atoms with Gasteiger partial charge in [0, 0.05) is 43.2 Å². The van der Waals surface area contributed by atoms with Crippen molar-refractivity contribution in [3.63, 3.8) is 0 Å². The normalized spacial score (nSPS) is 16.2. The number of aryl methyl sites for hydroxylation is 1. The molecule has 0 bridgehead atoms. The molecule has 0 atom stereocenters. The summed E-state index contributed by atoms with van der Waals surface area (Å²) in [6, 6.07) is 5.81. The SMILES string of the molecule is CCn1nnc2cc(C(=O)NC3CCN(Cc4cscn4)CC3)ccc21. The number of nitrogens with one attached hydrogen (secondary N) is 1. The molecule has 1 N–H and O–H groups in total. The Hall–Kier alpha value is -2.32. The predicted molar refractivity (Wildman–Crippen MR) is 101 cm³/mol. The fraction of sp³-hybridized carbons (Fsp3) is 0.444. The van der Waals surface area contributed by atoms with E-state index in [1.54, 1.807) is 11.3 Å². The number of aromatic nitrogens is 4. The highest BCUT2D eigenvalue weighted by Gasteiger charge is 2.22. The van der Waals surface area contributed by atoms with Crippen molar-refractivity contribution in [2.75, 3.05) is 13.1 Å². The van der Waals surface area contributed by atoms with Crippen LogP contribution in [0.4, 0.5) is 0 Å². The van der Waals surface area contributed by atoms with Gasteiger partial charge in [0.25, 0.3) is 5.91 Å². The second-order valence-corrected chi connectivity index (χ2v) is 7.33. The number of carbonyl (C=O) groups is 1. The molecule has 136 valence electrons. The quantitative estimate of drug-likeness (QED) is 0.746. The Labute approximate surface area is 156 Å². The first-order valence-corrected chi connectivity index (χ1v) is 9.90. The summed E-state index contributed by atoms with van der Waals surface area (Å²) in [4.78, 5) is 19.3. The van der Waals surface area contributed by atoms with Crippen molar-refractivity contribution in [3.05, 3.63) is 40.3 Å². The van der Waals surface area contributed by atoms with E-state index in [4.69, 9.17) is 0 Å². The molecule has 7 nitrogen and oxygen atoms in total. The lowest BCUT2D eigenvalue weighted by Gasteiger charge is -2.31. The second-order valence-electron chi connectivity index (χ2n) is 6.61. The van der Waals surface area contributed by atoms with Gasteiger partial charge in [-0.25, -0.2) is 9.67 Å². The molecule has 2 aromatic heterocycles. The highest BCUT2D eigenvalue weighted by Crippen LogP contribution is 2.16. The van der Waals surface area contributed by atoms with Crippen LogP contribution in [0.25, 0.3) is 11.0 Å². The van der Waals surface area contributed by atoms with Crippen molar-refractivity contribution in [2.45, 2.75) is 38.9 Å². The van der Waals surface area contributed by atoms with Gasteiger partial charge in [0.15, 0.2) is 0 Å². The number of hydrogen-bond acceptors (Lipinski definition) is 6. The topological polar surface area (TPSA) is 75.9 Å². The third-order valence-corrected chi connectivity index (χ3v) is 5.50. The molecule has 1 aliphatic rings. The largest absolute Gasteiger partial charge is 0.349 e. The van der Waals surface area contributed by atoms with E-state index in [1.165, 1.54) is 0 Å². The van der Waals surface area contributed by atoms with Crippen molar-refractivity contribution in [1.82, 2.24) is 30.2 Å². The molecule has 0 aliphatic carbocycles. The Morgan fingerprint density at radius 2 is 2.19 bits per heavy atom. The monoisotopic (exact) mass is 370 g/mol. The van der Waals surface area contributed by atoms with Gasteiger partial charge in [0.1, 0.15) is 5.52 Å². The third-order valence-electron chi connectivity index (χ3n) is 4.87. The molecule has 8 heteroatoms. The number of fused-ring (bicyclic) bond motifs is 1. The molecule has 3 aromatic rings. The van der Waals surface area contributed by atoms with E-state index in [1.807, 2.05) is 35.3 Å². The molecule has 1 fully saturated rings. The molecule has 3 heterocycles. The first-order chi connectivity index (χ1) is 12.7. The molecule has 1 aromatic carbocycles. The van der Waals surface area contributed by atoms with E-state index in [9.17, 15) is 4.79 Å². The van der Waals surface area contributed by atoms with Crippen LogP contribution in [0.1, 0.15) is 35.8 Å². The standard InChI is InChI=1S/C18H22N6OS/c1-2-24-17-4-3-13(9-16(17)21-22-24)18(25)20-14-5-7-23(8-6-14)10-15-11-26-12-19-15/h3-4,9,11-12,14H,2,5-8,10H2,1H3,(H,20,25). The van der Waals surface area contributed by atoms with E-state index in [2.05, 4.69) is 30.9 Å². The summed E-state index contributed by atoms with van der Waals surface area (Å²) in [6.07, 6.45) is 1.92.